The van der Waals surface area contributed by atoms with Gasteiger partial charge in [0.1, 0.15) is 0 Å². The quantitative estimate of drug-likeness (QED) is 0.445. The van der Waals surface area contributed by atoms with Crippen molar-refractivity contribution in [3.63, 3.8) is 0 Å². The van der Waals surface area contributed by atoms with Gasteiger partial charge in [0.15, 0.2) is 0 Å². The second-order valence-electron chi connectivity index (χ2n) is 6.50. The van der Waals surface area contributed by atoms with E-state index in [1.165, 1.54) is 0 Å². The van der Waals surface area contributed by atoms with E-state index in [4.69, 9.17) is 4.99 Å². The molecule has 0 radical (unpaired) electrons. The first-order valence-electron chi connectivity index (χ1n) is 6.86. The zero-order valence-electron chi connectivity index (χ0n) is 12.7. The smallest absolute Gasteiger partial charge is 0.293 e. The van der Waals surface area contributed by atoms with Gasteiger partial charge in [0, 0.05) is 23.9 Å². The lowest BCUT2D eigenvalue weighted by Gasteiger charge is -2.36. The summed E-state index contributed by atoms with van der Waals surface area (Å²) in [6.07, 6.45) is 0.554. The fourth-order valence-electron chi connectivity index (χ4n) is 2.65. The monoisotopic (exact) mass is 300 g/mol. The Hall–Kier alpha value is -1.67. The number of amides is 2. The van der Waals surface area contributed by atoms with Crippen LogP contribution in [0, 0.1) is 0 Å². The third-order valence-electron chi connectivity index (χ3n) is 3.80. The number of hydrogen-bond donors (Lipinski definition) is 0. The number of hydrogen-bond acceptors (Lipinski definition) is 7. The Bertz CT molecular complexity index is 441. The SMILES string of the molecule is CC1(C)CCC(C)(C)N1OOC(=O)ON1C(=O)CCC1=O. The maximum absolute atomic E-state index is 11.5. The molecule has 0 N–H and O–H groups in total. The van der Waals surface area contributed by atoms with E-state index in [-0.39, 0.29) is 23.9 Å². The summed E-state index contributed by atoms with van der Waals surface area (Å²) < 4.78 is 0. The number of hydroxylamine groups is 4. The molecule has 21 heavy (non-hydrogen) atoms. The Morgan fingerprint density at radius 3 is 1.95 bits per heavy atom. The van der Waals surface area contributed by atoms with Crippen molar-refractivity contribution < 1.29 is 29.1 Å². The van der Waals surface area contributed by atoms with E-state index in [1.54, 1.807) is 5.06 Å². The predicted molar refractivity (Wildman–Crippen MR) is 69.0 cm³/mol. The van der Waals surface area contributed by atoms with E-state index < -0.39 is 18.0 Å². The molecule has 0 atom stereocenters. The van der Waals surface area contributed by atoms with E-state index in [0.717, 1.165) is 12.8 Å². The zero-order valence-corrected chi connectivity index (χ0v) is 12.7. The molecule has 0 aromatic carbocycles. The minimum atomic E-state index is -1.25. The number of rotatable bonds is 3. The molecule has 0 saturated carbocycles. The van der Waals surface area contributed by atoms with Gasteiger partial charge in [-0.1, -0.05) is 10.1 Å². The summed E-state index contributed by atoms with van der Waals surface area (Å²) in [5.41, 5.74) is -0.605. The van der Waals surface area contributed by atoms with Gasteiger partial charge in [0.2, 0.25) is 0 Å². The molecule has 0 aromatic heterocycles. The minimum Gasteiger partial charge on any atom is -0.293 e. The lowest BCUT2D eigenvalue weighted by molar-refractivity contribution is -0.435. The Labute approximate surface area is 122 Å². The second-order valence-corrected chi connectivity index (χ2v) is 6.50. The van der Waals surface area contributed by atoms with Crippen molar-refractivity contribution in [2.24, 2.45) is 0 Å². The molecule has 2 fully saturated rings. The Balaban J connectivity index is 1.89. The maximum Gasteiger partial charge on any atom is 0.567 e. The highest BCUT2D eigenvalue weighted by atomic mass is 17.3. The lowest BCUT2D eigenvalue weighted by atomic mass is 10.0. The molecule has 0 aliphatic carbocycles. The summed E-state index contributed by atoms with van der Waals surface area (Å²) >= 11 is 0. The van der Waals surface area contributed by atoms with E-state index in [2.05, 4.69) is 9.73 Å². The molecule has 2 amide bonds. The molecule has 0 aromatic rings. The fraction of sp³-hybridized carbons (Fsp3) is 0.769. The molecule has 2 rings (SSSR count). The van der Waals surface area contributed by atoms with Crippen molar-refractivity contribution >= 4 is 18.0 Å². The van der Waals surface area contributed by atoms with Crippen LogP contribution in [-0.2, 0) is 24.3 Å². The van der Waals surface area contributed by atoms with Crippen LogP contribution in [0.1, 0.15) is 53.4 Å². The van der Waals surface area contributed by atoms with Crippen LogP contribution in [0.15, 0.2) is 0 Å². The molecule has 2 heterocycles. The topological polar surface area (TPSA) is 85.4 Å². The molecular weight excluding hydrogens is 280 g/mol. The van der Waals surface area contributed by atoms with Gasteiger partial charge in [0.05, 0.1) is 0 Å². The number of imide groups is 1. The Morgan fingerprint density at radius 1 is 1.00 bits per heavy atom. The van der Waals surface area contributed by atoms with E-state index in [9.17, 15) is 14.4 Å². The van der Waals surface area contributed by atoms with Gasteiger partial charge in [-0.2, -0.15) is 4.79 Å². The molecule has 8 heteroatoms. The average Bonchev–Trinajstić information content (AvgIpc) is 2.78. The van der Waals surface area contributed by atoms with Crippen molar-refractivity contribution in [3.05, 3.63) is 0 Å². The molecule has 118 valence electrons. The van der Waals surface area contributed by atoms with Crippen molar-refractivity contribution in [3.8, 4) is 0 Å². The van der Waals surface area contributed by atoms with E-state index in [0.29, 0.717) is 5.06 Å². The molecule has 8 nitrogen and oxygen atoms in total. The summed E-state index contributed by atoms with van der Waals surface area (Å²) in [6.45, 7) is 7.85. The van der Waals surface area contributed by atoms with Crippen molar-refractivity contribution in [1.29, 1.82) is 0 Å². The first-order valence-corrected chi connectivity index (χ1v) is 6.86. The zero-order chi connectivity index (χ0) is 15.8. The first-order chi connectivity index (χ1) is 9.63. The van der Waals surface area contributed by atoms with Crippen molar-refractivity contribution in [1.82, 2.24) is 10.1 Å². The molecule has 0 unspecified atom stereocenters. The Morgan fingerprint density at radius 2 is 1.48 bits per heavy atom. The van der Waals surface area contributed by atoms with Gasteiger partial charge in [-0.15, -0.1) is 5.06 Å². The highest BCUT2D eigenvalue weighted by Gasteiger charge is 2.47. The molecular formula is C13H20N2O6. The van der Waals surface area contributed by atoms with Crippen LogP contribution in [0.3, 0.4) is 0 Å². The van der Waals surface area contributed by atoms with Gasteiger partial charge in [-0.3, -0.25) is 14.4 Å². The fourth-order valence-corrected chi connectivity index (χ4v) is 2.65. The molecule has 2 aliphatic heterocycles. The molecule has 0 spiro atoms. The lowest BCUT2D eigenvalue weighted by Crippen LogP contribution is -2.48. The minimum absolute atomic E-state index is 0.0269. The van der Waals surface area contributed by atoms with Crippen LogP contribution >= 0.6 is 0 Å². The second kappa shape index (κ2) is 5.27. The van der Waals surface area contributed by atoms with Gasteiger partial charge in [-0.25, -0.2) is 4.89 Å². The van der Waals surface area contributed by atoms with Gasteiger partial charge in [-0.05, 0) is 40.5 Å². The summed E-state index contributed by atoms with van der Waals surface area (Å²) in [5.74, 6) is -1.14. The first kappa shape index (κ1) is 15.7. The van der Waals surface area contributed by atoms with Crippen LogP contribution < -0.4 is 0 Å². The van der Waals surface area contributed by atoms with Gasteiger partial charge < -0.3 is 0 Å². The standard InChI is InChI=1S/C13H20N2O6/c1-12(2)7-8-13(3,4)15(12)21-20-11(18)19-14-9(16)5-6-10(14)17/h5-8H2,1-4H3. The molecule has 2 saturated heterocycles. The molecule has 0 bridgehead atoms. The number of carbonyl (C=O) groups is 3. The highest BCUT2D eigenvalue weighted by Crippen LogP contribution is 2.40. The van der Waals surface area contributed by atoms with Crippen LogP contribution in [0.2, 0.25) is 0 Å². The summed E-state index contributed by atoms with van der Waals surface area (Å²) in [7, 11) is 0. The summed E-state index contributed by atoms with van der Waals surface area (Å²) in [5, 5.41) is 1.99. The largest absolute Gasteiger partial charge is 0.567 e. The van der Waals surface area contributed by atoms with Crippen molar-refractivity contribution in [2.45, 2.75) is 64.5 Å². The molecule has 2 aliphatic rings. The third kappa shape index (κ3) is 3.16. The highest BCUT2D eigenvalue weighted by molar-refractivity contribution is 6.01. The van der Waals surface area contributed by atoms with Crippen LogP contribution in [0.25, 0.3) is 0 Å². The van der Waals surface area contributed by atoms with E-state index in [1.807, 2.05) is 27.7 Å². The van der Waals surface area contributed by atoms with Gasteiger partial charge >= 0.3 is 6.16 Å². The normalized spacial score (nSPS) is 24.5. The third-order valence-corrected chi connectivity index (χ3v) is 3.80. The summed E-state index contributed by atoms with van der Waals surface area (Å²) in [6, 6.07) is 0. The van der Waals surface area contributed by atoms with Crippen LogP contribution in [0.4, 0.5) is 4.79 Å². The van der Waals surface area contributed by atoms with Gasteiger partial charge in [0.25, 0.3) is 11.8 Å². The van der Waals surface area contributed by atoms with Crippen LogP contribution in [0.5, 0.6) is 0 Å². The summed E-state index contributed by atoms with van der Waals surface area (Å²) in [4.78, 5) is 48.4. The average molecular weight is 300 g/mol. The van der Waals surface area contributed by atoms with Crippen molar-refractivity contribution in [2.75, 3.05) is 0 Å². The van der Waals surface area contributed by atoms with Crippen LogP contribution in [-0.4, -0.2) is 39.2 Å². The number of carbonyl (C=O) groups excluding carboxylic acids is 3. The maximum atomic E-state index is 11.5. The van der Waals surface area contributed by atoms with E-state index >= 15 is 0 Å². The number of nitrogens with zero attached hydrogens (tertiary/aromatic N) is 2. The Kier molecular flexibility index (Phi) is 3.94. The predicted octanol–water partition coefficient (Wildman–Crippen LogP) is 1.70.